The maximum Gasteiger partial charge on any atom is 0.243 e. The number of nitrogens with one attached hydrogen (secondary N) is 6. The highest BCUT2D eigenvalue weighted by molar-refractivity contribution is 5.94. The minimum absolute atomic E-state index is 0.0118. The molecule has 60 heavy (non-hydrogen) atoms. The van der Waals surface area contributed by atoms with E-state index in [4.69, 9.17) is 28.7 Å². The molecule has 0 bridgehead atoms. The topological polar surface area (TPSA) is 345 Å². The average Bonchev–Trinajstić information content (AvgIpc) is 3.20. The van der Waals surface area contributed by atoms with Crippen molar-refractivity contribution in [1.82, 2.24) is 31.9 Å². The van der Waals surface area contributed by atoms with Gasteiger partial charge in [0.05, 0.1) is 18.6 Å². The molecule has 17 N–H and O–H groups in total. The van der Waals surface area contributed by atoms with Crippen molar-refractivity contribution in [1.29, 1.82) is 0 Å². The molecule has 2 rings (SSSR count). The van der Waals surface area contributed by atoms with Crippen LogP contribution < -0.4 is 65.5 Å². The molecule has 20 nitrogen and oxygen atoms in total. The predicted octanol–water partition coefficient (Wildman–Crippen LogP) is -4.25. The first-order valence-corrected chi connectivity index (χ1v) is 19.8. The number of nitrogens with two attached hydrogens (primary N) is 5. The van der Waals surface area contributed by atoms with E-state index in [0.717, 1.165) is 11.3 Å². The van der Waals surface area contributed by atoms with Gasteiger partial charge in [0.25, 0.3) is 0 Å². The number of aldehydes is 1. The number of carbonyl (C=O) groups is 7. The van der Waals surface area contributed by atoms with Gasteiger partial charge in [0.1, 0.15) is 36.0 Å². The minimum Gasteiger partial charge on any atom is -0.391 e. The van der Waals surface area contributed by atoms with E-state index in [0.29, 0.717) is 11.8 Å². The Labute approximate surface area is 350 Å². The summed E-state index contributed by atoms with van der Waals surface area (Å²) < 4.78 is 0. The maximum absolute atomic E-state index is 13.9. The van der Waals surface area contributed by atoms with Crippen LogP contribution in [0.5, 0.6) is 0 Å². The first-order valence-electron chi connectivity index (χ1n) is 19.8. The molecular formula is C40H64N12O8. The third-order valence-electron chi connectivity index (χ3n) is 9.64. The molecule has 0 aliphatic heterocycles. The van der Waals surface area contributed by atoms with Crippen molar-refractivity contribution in [2.45, 2.75) is 87.3 Å². The molecule has 0 saturated heterocycles. The van der Waals surface area contributed by atoms with Crippen LogP contribution in [-0.4, -0.2) is 136 Å². The summed E-state index contributed by atoms with van der Waals surface area (Å²) in [6.45, 7) is 0.924. The summed E-state index contributed by atoms with van der Waals surface area (Å²) in [6, 6.07) is 10.2. The van der Waals surface area contributed by atoms with Gasteiger partial charge in [-0.2, -0.15) is 0 Å². The van der Waals surface area contributed by atoms with Crippen LogP contribution >= 0.6 is 0 Å². The second-order valence-corrected chi connectivity index (χ2v) is 14.8. The Bertz CT molecular complexity index is 1700. The standard InChI is InChI=1S/C40H64N12O8/c1-25(54)34(47-23-40(24-53,16-19-43)51-36(57)29(44)13-17-41)39(60)46-20-15-31(48-33(55)22-27-9-11-28(12-10-27)52(2)3)38(59)49-30(14-18-42)37(58)50-32(35(45)56)21-26-7-5-4-6-8-26/h4-12,24-25,29-32,34,47,54H,13-23,41-44H2,1-3H3,(H2,45,56)(H,46,60)(H,48,55)(H,49,59)(H,50,58)(H,51,57)/t25-,29+,30+,31+,32-,34+,40+/m1/s1. The highest BCUT2D eigenvalue weighted by atomic mass is 16.3. The van der Waals surface area contributed by atoms with Gasteiger partial charge in [-0.05, 0) is 75.5 Å². The fourth-order valence-electron chi connectivity index (χ4n) is 6.12. The van der Waals surface area contributed by atoms with Gasteiger partial charge in [-0.1, -0.05) is 42.5 Å². The normalized spacial score (nSPS) is 15.1. The zero-order valence-electron chi connectivity index (χ0n) is 34.7. The maximum atomic E-state index is 13.9. The van der Waals surface area contributed by atoms with Crippen molar-refractivity contribution in [2.24, 2.45) is 28.7 Å². The summed E-state index contributed by atoms with van der Waals surface area (Å²) in [4.78, 5) is 93.3. The zero-order chi connectivity index (χ0) is 44.8. The second-order valence-electron chi connectivity index (χ2n) is 14.8. The van der Waals surface area contributed by atoms with Crippen LogP contribution in [0.4, 0.5) is 5.69 Å². The Morgan fingerprint density at radius 3 is 1.90 bits per heavy atom. The van der Waals surface area contributed by atoms with Gasteiger partial charge in [-0.15, -0.1) is 0 Å². The molecule has 0 aliphatic rings. The monoisotopic (exact) mass is 840 g/mol. The van der Waals surface area contributed by atoms with Gasteiger partial charge in [-0.25, -0.2) is 0 Å². The molecule has 0 heterocycles. The molecule has 0 aliphatic carbocycles. The van der Waals surface area contributed by atoms with E-state index in [1.54, 1.807) is 42.5 Å². The van der Waals surface area contributed by atoms with Crippen molar-refractivity contribution >= 4 is 47.4 Å². The second kappa shape index (κ2) is 25.9. The van der Waals surface area contributed by atoms with E-state index >= 15 is 0 Å². The number of amides is 6. The fourth-order valence-corrected chi connectivity index (χ4v) is 6.12. The van der Waals surface area contributed by atoms with Gasteiger partial charge in [-0.3, -0.25) is 28.8 Å². The molecule has 0 spiro atoms. The van der Waals surface area contributed by atoms with Crippen molar-refractivity contribution in [2.75, 3.05) is 51.7 Å². The molecule has 7 atom stereocenters. The van der Waals surface area contributed by atoms with Crippen molar-refractivity contribution in [3.05, 3.63) is 65.7 Å². The Morgan fingerprint density at radius 2 is 1.37 bits per heavy atom. The summed E-state index contributed by atoms with van der Waals surface area (Å²) >= 11 is 0. The average molecular weight is 841 g/mol. The first kappa shape index (κ1) is 50.6. The number of primary amides is 1. The van der Waals surface area contributed by atoms with Crippen molar-refractivity contribution < 1.29 is 38.7 Å². The third kappa shape index (κ3) is 17.0. The molecule has 0 aromatic heterocycles. The van der Waals surface area contributed by atoms with Gasteiger partial charge < -0.3 is 75.4 Å². The van der Waals surface area contributed by atoms with E-state index in [2.05, 4.69) is 31.9 Å². The van der Waals surface area contributed by atoms with E-state index in [1.807, 2.05) is 31.1 Å². The van der Waals surface area contributed by atoms with Crippen LogP contribution in [0.25, 0.3) is 0 Å². The Kier molecular flexibility index (Phi) is 21.8. The first-order chi connectivity index (χ1) is 28.5. The summed E-state index contributed by atoms with van der Waals surface area (Å²) in [5.41, 5.74) is 29.3. The lowest BCUT2D eigenvalue weighted by Gasteiger charge is -2.33. The molecule has 6 amide bonds. The molecule has 332 valence electrons. The number of hydrogen-bond donors (Lipinski definition) is 12. The van der Waals surface area contributed by atoms with Crippen LogP contribution in [0.1, 0.15) is 43.7 Å². The number of carbonyl (C=O) groups excluding carboxylic acids is 7. The van der Waals surface area contributed by atoms with Crippen LogP contribution in [-0.2, 0) is 46.4 Å². The summed E-state index contributed by atoms with van der Waals surface area (Å²) in [5.74, 6) is -4.20. The Hall–Kier alpha value is -5.51. The number of hydrogen-bond acceptors (Lipinski definition) is 14. The molecule has 2 aromatic carbocycles. The smallest absolute Gasteiger partial charge is 0.243 e. The highest BCUT2D eigenvalue weighted by Gasteiger charge is 2.35. The van der Waals surface area contributed by atoms with Gasteiger partial charge in [0.15, 0.2) is 0 Å². The summed E-state index contributed by atoms with van der Waals surface area (Å²) in [7, 11) is 3.75. The molecule has 0 radical (unpaired) electrons. The minimum atomic E-state index is -1.57. The molecule has 0 fully saturated rings. The molecule has 0 unspecified atom stereocenters. The summed E-state index contributed by atoms with van der Waals surface area (Å²) in [6.07, 6.45) is -0.890. The van der Waals surface area contributed by atoms with Crippen LogP contribution in [0.3, 0.4) is 0 Å². The molecule has 20 heteroatoms. The van der Waals surface area contributed by atoms with Crippen LogP contribution in [0.2, 0.25) is 0 Å². The lowest BCUT2D eigenvalue weighted by molar-refractivity contribution is -0.133. The summed E-state index contributed by atoms with van der Waals surface area (Å²) in [5, 5.41) is 26.5. The number of anilines is 1. The number of benzene rings is 2. The molecule has 0 saturated carbocycles. The van der Waals surface area contributed by atoms with Crippen LogP contribution in [0.15, 0.2) is 54.6 Å². The predicted molar refractivity (Wildman–Crippen MR) is 227 cm³/mol. The van der Waals surface area contributed by atoms with E-state index < -0.39 is 77.3 Å². The van der Waals surface area contributed by atoms with Gasteiger partial charge in [0, 0.05) is 39.3 Å². The molecule has 2 aromatic rings. The number of aliphatic hydroxyl groups excluding tert-OH is 1. The lowest BCUT2D eigenvalue weighted by Crippen LogP contribution is -2.63. The number of rotatable bonds is 28. The van der Waals surface area contributed by atoms with Gasteiger partial charge in [0.2, 0.25) is 35.4 Å². The Morgan fingerprint density at radius 1 is 0.767 bits per heavy atom. The SMILES string of the molecule is C[C@@H](O)[C@H](NC[C@](C=O)(CCN)NC(=O)[C@@H](N)CCN)C(=O)NCC[C@H](NC(=O)Cc1ccc(N(C)C)cc1)C(=O)N[C@@H](CCN)C(=O)N[C@H](Cc1ccccc1)C(N)=O. The van der Waals surface area contributed by atoms with Gasteiger partial charge >= 0.3 is 0 Å². The zero-order valence-corrected chi connectivity index (χ0v) is 34.7. The van der Waals surface area contributed by atoms with Crippen molar-refractivity contribution in [3.63, 3.8) is 0 Å². The quantitative estimate of drug-likeness (QED) is 0.0361. The fraction of sp³-hybridized carbons (Fsp3) is 0.525. The molecular weight excluding hydrogens is 777 g/mol. The van der Waals surface area contributed by atoms with Crippen LogP contribution in [0, 0.1) is 0 Å². The van der Waals surface area contributed by atoms with E-state index in [1.165, 1.54) is 6.92 Å². The number of nitrogens with zero attached hydrogens (tertiary/aromatic N) is 1. The Balaban J connectivity index is 2.26. The largest absolute Gasteiger partial charge is 0.391 e. The number of aliphatic hydroxyl groups is 1. The third-order valence-corrected chi connectivity index (χ3v) is 9.64. The van der Waals surface area contributed by atoms with E-state index in [9.17, 15) is 38.7 Å². The lowest BCUT2D eigenvalue weighted by atomic mass is 9.95. The highest BCUT2D eigenvalue weighted by Crippen LogP contribution is 2.13. The van der Waals surface area contributed by atoms with Crippen molar-refractivity contribution in [3.8, 4) is 0 Å². The van der Waals surface area contributed by atoms with E-state index in [-0.39, 0.29) is 71.2 Å².